The highest BCUT2D eigenvalue weighted by atomic mass is 32.2. The molecule has 0 aliphatic carbocycles. The van der Waals surface area contributed by atoms with E-state index in [9.17, 15) is 9.59 Å². The highest BCUT2D eigenvalue weighted by Crippen LogP contribution is 2.29. The maximum Gasteiger partial charge on any atom is 0.337 e. The molecule has 0 atom stereocenters. The van der Waals surface area contributed by atoms with Crippen molar-refractivity contribution in [3.05, 3.63) is 58.2 Å². The second-order valence-electron chi connectivity index (χ2n) is 9.13. The predicted octanol–water partition coefficient (Wildman–Crippen LogP) is 5.19. The fourth-order valence-electron chi connectivity index (χ4n) is 3.51. The van der Waals surface area contributed by atoms with Gasteiger partial charge >= 0.3 is 6.03 Å². The lowest BCUT2D eigenvalue weighted by atomic mass is 9.93. The van der Waals surface area contributed by atoms with Crippen LogP contribution < -0.4 is 15.2 Å². The summed E-state index contributed by atoms with van der Waals surface area (Å²) in [6.07, 6.45) is 3.59. The molecule has 0 unspecified atom stereocenters. The van der Waals surface area contributed by atoms with Gasteiger partial charge in [-0.25, -0.2) is 19.1 Å². The topological polar surface area (TPSA) is 106 Å². The largest absolute Gasteiger partial charge is 0.359 e. The number of carbonyl (C=O) groups is 1. The Morgan fingerprint density at radius 2 is 1.94 bits per heavy atom. The maximum atomic E-state index is 13.2. The van der Waals surface area contributed by atoms with Gasteiger partial charge in [0.1, 0.15) is 11.4 Å². The second-order valence-corrected chi connectivity index (χ2v) is 10.3. The number of anilines is 2. The lowest BCUT2D eigenvalue weighted by molar-refractivity contribution is 0.259. The maximum absolute atomic E-state index is 13.2. The Morgan fingerprint density at radius 1 is 1.20 bits per heavy atom. The molecule has 9 nitrogen and oxygen atoms in total. The molecule has 35 heavy (non-hydrogen) atoms. The number of carbonyl (C=O) groups excluding carboxylic acids is 1. The number of fused-ring (bicyclic) bond motifs is 1. The molecule has 4 rings (SSSR count). The minimum atomic E-state index is -0.513. The fourth-order valence-corrected chi connectivity index (χ4v) is 3.99. The summed E-state index contributed by atoms with van der Waals surface area (Å²) in [6, 6.07) is 8.32. The average Bonchev–Trinajstić information content (AvgIpc) is 3.33. The van der Waals surface area contributed by atoms with Gasteiger partial charge in [-0.1, -0.05) is 56.6 Å². The van der Waals surface area contributed by atoms with Crippen molar-refractivity contribution in [1.29, 1.82) is 0 Å². The Labute approximate surface area is 212 Å². The van der Waals surface area contributed by atoms with Crippen LogP contribution in [0.15, 0.2) is 51.0 Å². The molecular weight excluding hydrogens is 484 g/mol. The molecule has 1 N–H and O–H groups in total. The Kier molecular flexibility index (Phi) is 6.65. The number of aryl methyl sites for hydroxylation is 2. The number of amides is 2. The standard InChI is InChI=1S/C24H26N6O3S2/c1-13-7-8-15(26-23(32)30(34)19-11-18(33-28-19)24(2,3)4)10-16(13)17-9-14-12-25-22(35-6)27-20(14)29(5)21(17)31/h7-12,34H,1-6H3,(H,26,32). The first kappa shape index (κ1) is 24.8. The van der Waals surface area contributed by atoms with Crippen LogP contribution in [0.2, 0.25) is 0 Å². The third-order valence-electron chi connectivity index (χ3n) is 5.53. The van der Waals surface area contributed by atoms with Crippen LogP contribution in [0.1, 0.15) is 32.1 Å². The van der Waals surface area contributed by atoms with Crippen molar-refractivity contribution >= 4 is 53.1 Å². The molecule has 1 aromatic carbocycles. The second kappa shape index (κ2) is 9.38. The van der Waals surface area contributed by atoms with E-state index < -0.39 is 6.03 Å². The Morgan fingerprint density at radius 3 is 2.60 bits per heavy atom. The first-order valence-corrected chi connectivity index (χ1v) is 12.4. The Hall–Kier alpha value is -3.31. The zero-order valence-corrected chi connectivity index (χ0v) is 22.0. The first-order chi connectivity index (χ1) is 16.5. The minimum Gasteiger partial charge on any atom is -0.359 e. The predicted molar refractivity (Wildman–Crippen MR) is 142 cm³/mol. The number of hydrogen-bond donors (Lipinski definition) is 2. The van der Waals surface area contributed by atoms with Crippen molar-refractivity contribution in [3.63, 3.8) is 0 Å². The van der Waals surface area contributed by atoms with Gasteiger partial charge in [0.2, 0.25) is 0 Å². The lowest BCUT2D eigenvalue weighted by Crippen LogP contribution is -2.27. The Bertz CT molecular complexity index is 1490. The molecule has 0 aliphatic rings. The van der Waals surface area contributed by atoms with E-state index in [2.05, 4.69) is 33.3 Å². The zero-order valence-electron chi connectivity index (χ0n) is 20.3. The number of pyridine rings is 1. The summed E-state index contributed by atoms with van der Waals surface area (Å²) < 4.78 is 7.94. The molecule has 0 spiro atoms. The van der Waals surface area contributed by atoms with Gasteiger partial charge in [0.25, 0.3) is 5.56 Å². The number of hydrogen-bond acceptors (Lipinski definition) is 8. The normalized spacial score (nSPS) is 11.6. The molecular formula is C24H26N6O3S2. The number of aromatic nitrogens is 4. The molecule has 3 heterocycles. The summed E-state index contributed by atoms with van der Waals surface area (Å²) in [6.45, 7) is 7.86. The van der Waals surface area contributed by atoms with E-state index in [1.807, 2.05) is 40.0 Å². The summed E-state index contributed by atoms with van der Waals surface area (Å²) in [5.41, 5.74) is 2.69. The summed E-state index contributed by atoms with van der Waals surface area (Å²) in [5, 5.41) is 8.09. The molecule has 2 amide bonds. The van der Waals surface area contributed by atoms with Crippen molar-refractivity contribution in [2.45, 2.75) is 38.3 Å². The number of thioether (sulfide) groups is 1. The smallest absolute Gasteiger partial charge is 0.337 e. The Balaban J connectivity index is 1.66. The van der Waals surface area contributed by atoms with E-state index in [0.29, 0.717) is 33.4 Å². The van der Waals surface area contributed by atoms with E-state index in [4.69, 9.17) is 4.52 Å². The SMILES string of the molecule is CSc1ncc2cc(-c3cc(NC(=O)N(S)c4cc(C(C)(C)C)on4)ccc3C)c(=O)n(C)c2n1. The summed E-state index contributed by atoms with van der Waals surface area (Å²) in [5.74, 6) is 0.911. The van der Waals surface area contributed by atoms with Gasteiger partial charge < -0.3 is 9.84 Å². The van der Waals surface area contributed by atoms with Crippen LogP contribution in [0.3, 0.4) is 0 Å². The summed E-state index contributed by atoms with van der Waals surface area (Å²) >= 11 is 5.70. The molecule has 0 bridgehead atoms. The highest BCUT2D eigenvalue weighted by molar-refractivity contribution is 7.98. The van der Waals surface area contributed by atoms with Crippen LogP contribution in [-0.4, -0.2) is 32.0 Å². The number of urea groups is 1. The van der Waals surface area contributed by atoms with Crippen LogP contribution in [0.5, 0.6) is 0 Å². The molecule has 0 saturated heterocycles. The van der Waals surface area contributed by atoms with Gasteiger partial charge in [0, 0.05) is 41.4 Å². The van der Waals surface area contributed by atoms with Crippen LogP contribution in [0.4, 0.5) is 16.3 Å². The molecule has 4 aromatic rings. The van der Waals surface area contributed by atoms with Crippen molar-refractivity contribution in [1.82, 2.24) is 19.7 Å². The highest BCUT2D eigenvalue weighted by Gasteiger charge is 2.23. The van der Waals surface area contributed by atoms with Gasteiger partial charge in [0.05, 0.1) is 0 Å². The number of thiol groups is 1. The van der Waals surface area contributed by atoms with Crippen LogP contribution >= 0.6 is 24.6 Å². The number of nitrogens with one attached hydrogen (secondary N) is 1. The molecule has 0 radical (unpaired) electrons. The van der Waals surface area contributed by atoms with Crippen molar-refractivity contribution in [2.75, 3.05) is 15.9 Å². The van der Waals surface area contributed by atoms with Crippen molar-refractivity contribution in [2.24, 2.45) is 7.05 Å². The van der Waals surface area contributed by atoms with Crippen molar-refractivity contribution in [3.8, 4) is 11.1 Å². The number of nitrogens with zero attached hydrogens (tertiary/aromatic N) is 5. The van der Waals surface area contributed by atoms with E-state index in [1.54, 1.807) is 37.5 Å². The van der Waals surface area contributed by atoms with Crippen molar-refractivity contribution < 1.29 is 9.32 Å². The summed E-state index contributed by atoms with van der Waals surface area (Å²) in [4.78, 5) is 34.8. The van der Waals surface area contributed by atoms with Gasteiger partial charge in [-0.3, -0.25) is 9.36 Å². The zero-order chi connectivity index (χ0) is 25.5. The monoisotopic (exact) mass is 510 g/mol. The third kappa shape index (κ3) is 4.92. The van der Waals surface area contributed by atoms with Gasteiger partial charge in [-0.2, -0.15) is 0 Å². The quantitative estimate of drug-likeness (QED) is 0.221. The van der Waals surface area contributed by atoms with E-state index in [-0.39, 0.29) is 16.8 Å². The van der Waals surface area contributed by atoms with Gasteiger partial charge in [0.15, 0.2) is 11.0 Å². The molecule has 182 valence electrons. The molecule has 3 aromatic heterocycles. The van der Waals surface area contributed by atoms with Gasteiger partial charge in [-0.15, -0.1) is 0 Å². The van der Waals surface area contributed by atoms with E-state index >= 15 is 0 Å². The fraction of sp³-hybridized carbons (Fsp3) is 0.292. The number of rotatable bonds is 4. The minimum absolute atomic E-state index is 0.192. The lowest BCUT2D eigenvalue weighted by Gasteiger charge is -2.16. The number of benzene rings is 1. The molecule has 11 heteroatoms. The van der Waals surface area contributed by atoms with E-state index in [1.165, 1.54) is 16.3 Å². The molecule has 0 aliphatic heterocycles. The van der Waals surface area contributed by atoms with Crippen LogP contribution in [0, 0.1) is 6.92 Å². The third-order valence-corrected chi connectivity index (χ3v) is 6.48. The van der Waals surface area contributed by atoms with E-state index in [0.717, 1.165) is 15.3 Å². The van der Waals surface area contributed by atoms with Gasteiger partial charge in [-0.05, 0) is 42.5 Å². The molecule has 0 fully saturated rings. The van der Waals surface area contributed by atoms with Crippen LogP contribution in [-0.2, 0) is 12.5 Å². The first-order valence-electron chi connectivity index (χ1n) is 10.8. The van der Waals surface area contributed by atoms with Crippen LogP contribution in [0.25, 0.3) is 22.2 Å². The average molecular weight is 511 g/mol. The summed E-state index contributed by atoms with van der Waals surface area (Å²) in [7, 11) is 1.69. The molecule has 0 saturated carbocycles.